The Balaban J connectivity index is 1.41. The molecule has 0 radical (unpaired) electrons. The molecule has 242 valence electrons. The van der Waals surface area contributed by atoms with Crippen LogP contribution in [0.2, 0.25) is 0 Å². The Labute approximate surface area is 257 Å². The smallest absolute Gasteiger partial charge is 0.306 e. The van der Waals surface area contributed by atoms with E-state index in [1.165, 1.54) is 0 Å². The molecular formula is C34H54N2O7. The monoisotopic (exact) mass is 602 g/mol. The SMILES string of the molecule is CC(C)(C)OC(=O)CCc1ccc(CCC(=O)CCCC2CCCCC3CCC(C(O)NCCC(O)CO)N3C2=O)cc1. The van der Waals surface area contributed by atoms with E-state index in [0.717, 1.165) is 49.7 Å². The lowest BCUT2D eigenvalue weighted by molar-refractivity contribution is -0.154. The summed E-state index contributed by atoms with van der Waals surface area (Å²) in [6, 6.07) is 7.90. The highest BCUT2D eigenvalue weighted by atomic mass is 16.6. The largest absolute Gasteiger partial charge is 0.460 e. The lowest BCUT2D eigenvalue weighted by Crippen LogP contribution is -2.53. The number of hydrogen-bond donors (Lipinski definition) is 4. The summed E-state index contributed by atoms with van der Waals surface area (Å²) >= 11 is 0. The Hall–Kier alpha value is -2.33. The number of amides is 1. The third-order valence-corrected chi connectivity index (χ3v) is 8.66. The first kappa shape index (κ1) is 35.2. The third-order valence-electron chi connectivity index (χ3n) is 8.66. The molecule has 3 rings (SSSR count). The number of carbonyl (C=O) groups is 3. The van der Waals surface area contributed by atoms with Crippen LogP contribution in [-0.2, 0) is 32.0 Å². The van der Waals surface area contributed by atoms with E-state index in [1.54, 1.807) is 0 Å². The summed E-state index contributed by atoms with van der Waals surface area (Å²) in [6.45, 7) is 5.63. The first-order valence-electron chi connectivity index (χ1n) is 16.3. The van der Waals surface area contributed by atoms with Gasteiger partial charge in [0.2, 0.25) is 5.91 Å². The second-order valence-electron chi connectivity index (χ2n) is 13.4. The predicted octanol–water partition coefficient (Wildman–Crippen LogP) is 3.83. The fraction of sp³-hybridized carbons (Fsp3) is 0.735. The van der Waals surface area contributed by atoms with E-state index in [0.29, 0.717) is 57.9 Å². The number of rotatable bonds is 16. The molecule has 0 saturated carbocycles. The van der Waals surface area contributed by atoms with Gasteiger partial charge in [0.1, 0.15) is 17.6 Å². The molecule has 1 aromatic rings. The van der Waals surface area contributed by atoms with E-state index in [2.05, 4.69) is 5.32 Å². The van der Waals surface area contributed by atoms with Crippen LogP contribution in [0.1, 0.15) is 109 Å². The van der Waals surface area contributed by atoms with Crippen LogP contribution in [0.25, 0.3) is 0 Å². The molecule has 0 aliphatic carbocycles. The van der Waals surface area contributed by atoms with Gasteiger partial charge in [-0.15, -0.1) is 0 Å². The van der Waals surface area contributed by atoms with Gasteiger partial charge >= 0.3 is 5.97 Å². The van der Waals surface area contributed by atoms with Crippen molar-refractivity contribution in [3.63, 3.8) is 0 Å². The number of aryl methyl sites for hydroxylation is 2. The lowest BCUT2D eigenvalue weighted by atomic mass is 9.89. The number of hydrogen-bond acceptors (Lipinski definition) is 8. The number of carbonyl (C=O) groups excluding carboxylic acids is 3. The van der Waals surface area contributed by atoms with Crippen molar-refractivity contribution >= 4 is 17.7 Å². The molecule has 43 heavy (non-hydrogen) atoms. The Morgan fingerprint density at radius 1 is 0.977 bits per heavy atom. The molecule has 1 amide bonds. The van der Waals surface area contributed by atoms with Gasteiger partial charge in [-0.05, 0) is 89.7 Å². The minimum atomic E-state index is -0.875. The molecule has 2 fully saturated rings. The molecule has 2 aliphatic rings. The summed E-state index contributed by atoms with van der Waals surface area (Å²) in [7, 11) is 0. The number of Topliss-reactive ketones (excluding diaryl/α,β-unsaturated/α-hetero) is 1. The molecule has 5 atom stereocenters. The van der Waals surface area contributed by atoms with Gasteiger partial charge in [-0.25, -0.2) is 0 Å². The standard InChI is InChI=1S/C34H54N2O7/c1-34(2,3)43-31(40)20-16-25-13-11-24(12-14-25)15-18-28(38)10-6-8-26-7-4-5-9-27-17-19-30(36(27)33(26)42)32(41)35-22-21-29(39)23-37/h11-14,26-27,29-30,32,35,37,39,41H,4-10,15-23H2,1-3H3. The molecule has 1 aromatic carbocycles. The van der Waals surface area contributed by atoms with E-state index in [4.69, 9.17) is 9.84 Å². The van der Waals surface area contributed by atoms with Crippen LogP contribution in [0.3, 0.4) is 0 Å². The molecule has 2 aliphatic heterocycles. The number of fused-ring (bicyclic) bond motifs is 1. The van der Waals surface area contributed by atoms with Gasteiger partial charge in [-0.2, -0.15) is 0 Å². The van der Waals surface area contributed by atoms with Crippen LogP contribution >= 0.6 is 0 Å². The number of benzene rings is 1. The molecule has 9 nitrogen and oxygen atoms in total. The highest BCUT2D eigenvalue weighted by Crippen LogP contribution is 2.35. The number of ketones is 1. The number of nitrogens with zero attached hydrogens (tertiary/aromatic N) is 1. The molecule has 5 unspecified atom stereocenters. The average molecular weight is 603 g/mol. The normalized spacial score (nSPS) is 22.4. The van der Waals surface area contributed by atoms with Gasteiger partial charge in [0.15, 0.2) is 0 Å². The van der Waals surface area contributed by atoms with Crippen molar-refractivity contribution < 1.29 is 34.4 Å². The van der Waals surface area contributed by atoms with Gasteiger partial charge in [0.25, 0.3) is 0 Å². The molecule has 9 heteroatoms. The number of aliphatic hydroxyl groups is 3. The van der Waals surface area contributed by atoms with Gasteiger partial charge in [-0.1, -0.05) is 37.1 Å². The number of esters is 1. The first-order valence-corrected chi connectivity index (χ1v) is 16.3. The highest BCUT2D eigenvalue weighted by molar-refractivity contribution is 5.81. The molecule has 2 heterocycles. The van der Waals surface area contributed by atoms with E-state index in [-0.39, 0.29) is 42.3 Å². The minimum absolute atomic E-state index is 0.0997. The summed E-state index contributed by atoms with van der Waals surface area (Å²) in [4.78, 5) is 40.3. The van der Waals surface area contributed by atoms with Crippen LogP contribution in [0.5, 0.6) is 0 Å². The maximum atomic E-state index is 13.7. The number of aliphatic hydroxyl groups excluding tert-OH is 3. The molecule has 0 bridgehead atoms. The Kier molecular flexibility index (Phi) is 14.1. The number of ether oxygens (including phenoxy) is 1. The topological polar surface area (TPSA) is 136 Å². The molecule has 0 aromatic heterocycles. The quantitative estimate of drug-likeness (QED) is 0.166. The Morgan fingerprint density at radius 3 is 2.28 bits per heavy atom. The number of nitrogens with one attached hydrogen (secondary N) is 1. The maximum Gasteiger partial charge on any atom is 0.306 e. The fourth-order valence-electron chi connectivity index (χ4n) is 6.31. The zero-order chi connectivity index (χ0) is 31.4. The van der Waals surface area contributed by atoms with Gasteiger partial charge in [-0.3, -0.25) is 19.7 Å². The van der Waals surface area contributed by atoms with Crippen molar-refractivity contribution in [2.24, 2.45) is 5.92 Å². The summed E-state index contributed by atoms with van der Waals surface area (Å²) in [6.07, 6.45) is 8.00. The summed E-state index contributed by atoms with van der Waals surface area (Å²) in [5.74, 6) is -0.0332. The molecule has 0 spiro atoms. The second-order valence-corrected chi connectivity index (χ2v) is 13.4. The molecule has 4 N–H and O–H groups in total. The van der Waals surface area contributed by atoms with Crippen molar-refractivity contribution in [3.05, 3.63) is 35.4 Å². The summed E-state index contributed by atoms with van der Waals surface area (Å²) in [5, 5.41) is 32.4. The lowest BCUT2D eigenvalue weighted by Gasteiger charge is -2.37. The van der Waals surface area contributed by atoms with Gasteiger partial charge < -0.3 is 25.0 Å². The van der Waals surface area contributed by atoms with Crippen LogP contribution in [0.4, 0.5) is 0 Å². The van der Waals surface area contributed by atoms with Gasteiger partial charge in [0.05, 0.1) is 18.8 Å². The van der Waals surface area contributed by atoms with Crippen molar-refractivity contribution in [1.29, 1.82) is 0 Å². The third kappa shape index (κ3) is 11.9. The average Bonchev–Trinajstić information content (AvgIpc) is 3.38. The highest BCUT2D eigenvalue weighted by Gasteiger charge is 2.42. The van der Waals surface area contributed by atoms with Crippen molar-refractivity contribution in [3.8, 4) is 0 Å². The van der Waals surface area contributed by atoms with E-state index in [9.17, 15) is 24.6 Å². The van der Waals surface area contributed by atoms with Crippen LogP contribution < -0.4 is 5.32 Å². The van der Waals surface area contributed by atoms with Crippen molar-refractivity contribution in [2.75, 3.05) is 13.2 Å². The Morgan fingerprint density at radius 2 is 1.63 bits per heavy atom. The van der Waals surface area contributed by atoms with E-state index >= 15 is 0 Å². The zero-order valence-corrected chi connectivity index (χ0v) is 26.4. The molecular weight excluding hydrogens is 548 g/mol. The zero-order valence-electron chi connectivity index (χ0n) is 26.4. The molecule has 2 saturated heterocycles. The minimum Gasteiger partial charge on any atom is -0.460 e. The van der Waals surface area contributed by atoms with Gasteiger partial charge in [0, 0.05) is 37.8 Å². The first-order chi connectivity index (χ1) is 20.5. The predicted molar refractivity (Wildman–Crippen MR) is 165 cm³/mol. The van der Waals surface area contributed by atoms with Crippen LogP contribution in [0.15, 0.2) is 24.3 Å². The van der Waals surface area contributed by atoms with Crippen molar-refractivity contribution in [2.45, 2.75) is 141 Å². The van der Waals surface area contributed by atoms with E-state index < -0.39 is 17.9 Å². The maximum absolute atomic E-state index is 13.7. The summed E-state index contributed by atoms with van der Waals surface area (Å²) < 4.78 is 5.37. The van der Waals surface area contributed by atoms with Crippen LogP contribution in [-0.4, -0.2) is 81.0 Å². The van der Waals surface area contributed by atoms with E-state index in [1.807, 2.05) is 49.9 Å². The fourth-order valence-corrected chi connectivity index (χ4v) is 6.31. The second kappa shape index (κ2) is 17.2. The Bertz CT molecular complexity index is 1020. The summed E-state index contributed by atoms with van der Waals surface area (Å²) in [5.41, 5.74) is 1.68. The van der Waals surface area contributed by atoms with Crippen molar-refractivity contribution in [1.82, 2.24) is 10.2 Å². The van der Waals surface area contributed by atoms with Crippen LogP contribution in [0, 0.1) is 5.92 Å².